The van der Waals surface area contributed by atoms with Gasteiger partial charge in [-0.05, 0) is 19.1 Å². The first-order valence-electron chi connectivity index (χ1n) is 8.25. The highest BCUT2D eigenvalue weighted by Gasteiger charge is 2.30. The molecule has 0 spiro atoms. The Morgan fingerprint density at radius 2 is 2.04 bits per heavy atom. The maximum Gasteiger partial charge on any atom is 0.414 e. The SMILES string of the molecule is COC(=O)N1CCC(Oc2ccc(N3CC(C)OC3=O)cc2F)CC1. The first-order valence-corrected chi connectivity index (χ1v) is 8.25. The van der Waals surface area contributed by atoms with Crippen LogP contribution >= 0.6 is 0 Å². The fourth-order valence-electron chi connectivity index (χ4n) is 3.03. The van der Waals surface area contributed by atoms with E-state index >= 15 is 0 Å². The summed E-state index contributed by atoms with van der Waals surface area (Å²) in [6.45, 7) is 3.19. The zero-order valence-electron chi connectivity index (χ0n) is 14.2. The number of carbonyl (C=O) groups is 2. The maximum atomic E-state index is 14.4. The van der Waals surface area contributed by atoms with Crippen LogP contribution in [-0.2, 0) is 9.47 Å². The topological polar surface area (TPSA) is 68.3 Å². The Labute approximate surface area is 145 Å². The lowest BCUT2D eigenvalue weighted by Crippen LogP contribution is -2.41. The van der Waals surface area contributed by atoms with Gasteiger partial charge in [0.05, 0.1) is 19.3 Å². The highest BCUT2D eigenvalue weighted by Crippen LogP contribution is 2.28. The van der Waals surface area contributed by atoms with Crippen molar-refractivity contribution in [2.75, 3.05) is 31.6 Å². The zero-order valence-corrected chi connectivity index (χ0v) is 14.2. The number of amides is 2. The highest BCUT2D eigenvalue weighted by atomic mass is 19.1. The number of carbonyl (C=O) groups excluding carboxylic acids is 2. The quantitative estimate of drug-likeness (QED) is 0.837. The zero-order chi connectivity index (χ0) is 18.0. The second-order valence-electron chi connectivity index (χ2n) is 6.19. The Morgan fingerprint density at radius 1 is 1.32 bits per heavy atom. The van der Waals surface area contributed by atoms with Gasteiger partial charge < -0.3 is 19.1 Å². The molecule has 2 heterocycles. The minimum atomic E-state index is -0.528. The van der Waals surface area contributed by atoms with E-state index in [1.54, 1.807) is 17.9 Å². The molecule has 1 aromatic rings. The van der Waals surface area contributed by atoms with E-state index in [0.717, 1.165) is 0 Å². The van der Waals surface area contributed by atoms with Crippen LogP contribution in [0.15, 0.2) is 18.2 Å². The Balaban J connectivity index is 1.61. The molecule has 8 heteroatoms. The number of hydrogen-bond acceptors (Lipinski definition) is 5. The van der Waals surface area contributed by atoms with Crippen LogP contribution in [0.25, 0.3) is 0 Å². The van der Waals surface area contributed by atoms with E-state index in [1.807, 2.05) is 0 Å². The molecule has 3 rings (SSSR count). The van der Waals surface area contributed by atoms with E-state index in [2.05, 4.69) is 4.74 Å². The molecule has 2 amide bonds. The van der Waals surface area contributed by atoms with Crippen LogP contribution in [-0.4, -0.2) is 56.0 Å². The van der Waals surface area contributed by atoms with Gasteiger partial charge in [-0.1, -0.05) is 0 Å². The lowest BCUT2D eigenvalue weighted by atomic mass is 10.1. The molecule has 25 heavy (non-hydrogen) atoms. The summed E-state index contributed by atoms with van der Waals surface area (Å²) in [5, 5.41) is 0. The normalized spacial score (nSPS) is 21.2. The first kappa shape index (κ1) is 17.3. The standard InChI is InChI=1S/C17H21FN2O5/c1-11-10-20(17(22)24-11)12-3-4-15(14(18)9-12)25-13-5-7-19(8-6-13)16(21)23-2/h3-4,9,11,13H,5-8,10H2,1-2H3. The van der Waals surface area contributed by atoms with Crippen molar-refractivity contribution in [1.29, 1.82) is 0 Å². The van der Waals surface area contributed by atoms with Gasteiger partial charge >= 0.3 is 12.2 Å². The fraction of sp³-hybridized carbons (Fsp3) is 0.529. The van der Waals surface area contributed by atoms with Crippen LogP contribution in [0, 0.1) is 5.82 Å². The average Bonchev–Trinajstić information content (AvgIpc) is 2.95. The van der Waals surface area contributed by atoms with Crippen molar-refractivity contribution in [3.8, 4) is 5.75 Å². The number of hydrogen-bond donors (Lipinski definition) is 0. The van der Waals surface area contributed by atoms with Crippen LogP contribution in [0.1, 0.15) is 19.8 Å². The monoisotopic (exact) mass is 352 g/mol. The predicted molar refractivity (Wildman–Crippen MR) is 87.3 cm³/mol. The number of ether oxygens (including phenoxy) is 3. The average molecular weight is 352 g/mol. The van der Waals surface area contributed by atoms with E-state index in [0.29, 0.717) is 38.2 Å². The molecule has 0 saturated carbocycles. The van der Waals surface area contributed by atoms with Crippen LogP contribution in [0.4, 0.5) is 19.7 Å². The Morgan fingerprint density at radius 3 is 2.60 bits per heavy atom. The Hall–Kier alpha value is -2.51. The lowest BCUT2D eigenvalue weighted by molar-refractivity contribution is 0.0773. The number of benzene rings is 1. The summed E-state index contributed by atoms with van der Waals surface area (Å²) >= 11 is 0. The van der Waals surface area contributed by atoms with E-state index in [4.69, 9.17) is 9.47 Å². The van der Waals surface area contributed by atoms with Gasteiger partial charge in [0, 0.05) is 32.0 Å². The predicted octanol–water partition coefficient (Wildman–Crippen LogP) is 2.78. The van der Waals surface area contributed by atoms with Crippen molar-refractivity contribution in [1.82, 2.24) is 4.90 Å². The van der Waals surface area contributed by atoms with Crippen molar-refractivity contribution in [2.45, 2.75) is 32.0 Å². The number of nitrogens with zero attached hydrogens (tertiary/aromatic N) is 2. The molecule has 0 aliphatic carbocycles. The van der Waals surface area contributed by atoms with Gasteiger partial charge in [0.2, 0.25) is 0 Å². The largest absolute Gasteiger partial charge is 0.487 e. The molecule has 1 atom stereocenters. The lowest BCUT2D eigenvalue weighted by Gasteiger charge is -2.31. The molecular weight excluding hydrogens is 331 g/mol. The van der Waals surface area contributed by atoms with Crippen molar-refractivity contribution < 1.29 is 28.2 Å². The molecule has 2 fully saturated rings. The second kappa shape index (κ2) is 7.16. The number of halogens is 1. The molecule has 0 N–H and O–H groups in total. The van der Waals surface area contributed by atoms with Crippen molar-refractivity contribution in [3.05, 3.63) is 24.0 Å². The van der Waals surface area contributed by atoms with Gasteiger partial charge in [0.25, 0.3) is 0 Å². The molecule has 0 radical (unpaired) electrons. The summed E-state index contributed by atoms with van der Waals surface area (Å²) in [5.41, 5.74) is 0.444. The Kier molecular flexibility index (Phi) is 4.96. The van der Waals surface area contributed by atoms with E-state index in [-0.39, 0.29) is 24.1 Å². The molecule has 7 nitrogen and oxygen atoms in total. The number of anilines is 1. The summed E-state index contributed by atoms with van der Waals surface area (Å²) in [4.78, 5) is 26.2. The van der Waals surface area contributed by atoms with E-state index in [9.17, 15) is 14.0 Å². The number of cyclic esters (lactones) is 1. The molecule has 2 saturated heterocycles. The third-order valence-electron chi connectivity index (χ3n) is 4.36. The van der Waals surface area contributed by atoms with Crippen molar-refractivity contribution in [3.63, 3.8) is 0 Å². The van der Waals surface area contributed by atoms with Crippen LogP contribution < -0.4 is 9.64 Å². The molecule has 1 aromatic carbocycles. The molecular formula is C17H21FN2O5. The Bertz CT molecular complexity index is 660. The molecule has 136 valence electrons. The highest BCUT2D eigenvalue weighted by molar-refractivity contribution is 5.89. The minimum Gasteiger partial charge on any atom is -0.487 e. The van der Waals surface area contributed by atoms with E-state index in [1.165, 1.54) is 24.1 Å². The van der Waals surface area contributed by atoms with Gasteiger partial charge in [0.1, 0.15) is 12.2 Å². The first-order chi connectivity index (χ1) is 12.0. The number of piperidine rings is 1. The second-order valence-corrected chi connectivity index (χ2v) is 6.19. The number of methoxy groups -OCH3 is 1. The minimum absolute atomic E-state index is 0.140. The summed E-state index contributed by atoms with van der Waals surface area (Å²) in [7, 11) is 1.35. The summed E-state index contributed by atoms with van der Waals surface area (Å²) in [6, 6.07) is 4.44. The summed E-state index contributed by atoms with van der Waals surface area (Å²) in [6.07, 6.45) is -0.0145. The maximum absolute atomic E-state index is 14.4. The van der Waals surface area contributed by atoms with Gasteiger partial charge in [0.15, 0.2) is 11.6 Å². The van der Waals surface area contributed by atoms with Crippen LogP contribution in [0.2, 0.25) is 0 Å². The van der Waals surface area contributed by atoms with E-state index < -0.39 is 11.9 Å². The van der Waals surface area contributed by atoms with Crippen LogP contribution in [0.3, 0.4) is 0 Å². The van der Waals surface area contributed by atoms with Crippen LogP contribution in [0.5, 0.6) is 5.75 Å². The molecule has 1 unspecified atom stereocenters. The van der Waals surface area contributed by atoms with Gasteiger partial charge in [-0.3, -0.25) is 4.90 Å². The number of rotatable bonds is 3. The fourth-order valence-corrected chi connectivity index (χ4v) is 3.03. The summed E-state index contributed by atoms with van der Waals surface area (Å²) in [5.74, 6) is -0.388. The smallest absolute Gasteiger partial charge is 0.414 e. The van der Waals surface area contributed by atoms with Gasteiger partial charge in [-0.25, -0.2) is 14.0 Å². The third kappa shape index (κ3) is 3.78. The third-order valence-corrected chi connectivity index (χ3v) is 4.36. The van der Waals surface area contributed by atoms with Gasteiger partial charge in [-0.2, -0.15) is 0 Å². The number of likely N-dealkylation sites (tertiary alicyclic amines) is 1. The van der Waals surface area contributed by atoms with Gasteiger partial charge in [-0.15, -0.1) is 0 Å². The molecule has 2 aliphatic heterocycles. The molecule has 0 aromatic heterocycles. The van der Waals surface area contributed by atoms with Crippen molar-refractivity contribution in [2.24, 2.45) is 0 Å². The molecule has 2 aliphatic rings. The van der Waals surface area contributed by atoms with Crippen molar-refractivity contribution >= 4 is 17.9 Å². The summed E-state index contributed by atoms with van der Waals surface area (Å²) < 4.78 is 29.8. The molecule has 0 bridgehead atoms.